The van der Waals surface area contributed by atoms with E-state index in [0.717, 1.165) is 16.5 Å². The molecule has 2 aromatic heterocycles. The summed E-state index contributed by atoms with van der Waals surface area (Å²) in [7, 11) is 1.79. The minimum absolute atomic E-state index is 0.267. The van der Waals surface area contributed by atoms with E-state index >= 15 is 0 Å². The van der Waals surface area contributed by atoms with Gasteiger partial charge in [0.1, 0.15) is 0 Å². The molecular formula is C13H16BrN5O. The first-order chi connectivity index (χ1) is 9.56. The Hall–Kier alpha value is -1.89. The van der Waals surface area contributed by atoms with Gasteiger partial charge in [0.25, 0.3) is 0 Å². The molecule has 0 spiro atoms. The highest BCUT2D eigenvalue weighted by molar-refractivity contribution is 9.10. The van der Waals surface area contributed by atoms with Gasteiger partial charge in [0.2, 0.25) is 0 Å². The quantitative estimate of drug-likeness (QED) is 0.898. The molecule has 2 N–H and O–H groups in total. The van der Waals surface area contributed by atoms with E-state index in [1.54, 1.807) is 24.1 Å². The van der Waals surface area contributed by atoms with Gasteiger partial charge in [-0.15, -0.1) is 0 Å². The topological polar surface area (TPSA) is 71.8 Å². The fraction of sp³-hybridized carbons (Fsp3) is 0.308. The number of aryl methyl sites for hydroxylation is 2. The van der Waals surface area contributed by atoms with E-state index in [0.29, 0.717) is 12.4 Å². The number of aromatic nitrogens is 3. The lowest BCUT2D eigenvalue weighted by atomic mass is 10.1. The Morgan fingerprint density at radius 2 is 2.30 bits per heavy atom. The molecule has 0 fully saturated rings. The van der Waals surface area contributed by atoms with E-state index in [1.807, 2.05) is 19.2 Å². The van der Waals surface area contributed by atoms with Gasteiger partial charge < -0.3 is 5.32 Å². The SMILES string of the molecule is Cc1cnccc1CCNC(=O)Nc1nn(C)cc1Br. The van der Waals surface area contributed by atoms with Crippen molar-refractivity contribution < 1.29 is 4.79 Å². The van der Waals surface area contributed by atoms with Crippen molar-refractivity contribution >= 4 is 27.8 Å². The van der Waals surface area contributed by atoms with Crippen molar-refractivity contribution in [3.63, 3.8) is 0 Å². The summed E-state index contributed by atoms with van der Waals surface area (Å²) < 4.78 is 2.38. The molecule has 2 heterocycles. The van der Waals surface area contributed by atoms with Crippen LogP contribution >= 0.6 is 15.9 Å². The van der Waals surface area contributed by atoms with Gasteiger partial charge in [0, 0.05) is 32.2 Å². The van der Waals surface area contributed by atoms with E-state index in [4.69, 9.17) is 0 Å². The average Bonchev–Trinajstić information content (AvgIpc) is 2.70. The van der Waals surface area contributed by atoms with Crippen LogP contribution in [0.5, 0.6) is 0 Å². The van der Waals surface area contributed by atoms with Crippen LogP contribution in [-0.2, 0) is 13.5 Å². The second-order valence-electron chi connectivity index (χ2n) is 4.43. The summed E-state index contributed by atoms with van der Waals surface area (Å²) in [6.45, 7) is 2.56. The molecule has 0 aliphatic rings. The minimum atomic E-state index is -0.267. The third-order valence-corrected chi connectivity index (χ3v) is 3.41. The standard InChI is InChI=1S/C13H16BrN5O/c1-9-7-15-5-3-10(9)4-6-16-13(20)17-12-11(14)8-19(2)18-12/h3,5,7-8H,4,6H2,1-2H3,(H2,16,17,18,20). The minimum Gasteiger partial charge on any atom is -0.337 e. The average molecular weight is 338 g/mol. The Labute approximate surface area is 125 Å². The third kappa shape index (κ3) is 3.80. The second-order valence-corrected chi connectivity index (χ2v) is 5.29. The molecule has 0 unspecified atom stereocenters. The zero-order chi connectivity index (χ0) is 14.5. The summed E-state index contributed by atoms with van der Waals surface area (Å²) in [5.41, 5.74) is 2.31. The number of rotatable bonds is 4. The van der Waals surface area contributed by atoms with Gasteiger partial charge in [-0.2, -0.15) is 5.10 Å². The predicted molar refractivity (Wildman–Crippen MR) is 80.6 cm³/mol. The summed E-state index contributed by atoms with van der Waals surface area (Å²) in [6.07, 6.45) is 6.12. The molecule has 0 saturated heterocycles. The van der Waals surface area contributed by atoms with Crippen LogP contribution in [0.25, 0.3) is 0 Å². The fourth-order valence-corrected chi connectivity index (χ4v) is 2.26. The number of nitrogens with zero attached hydrogens (tertiary/aromatic N) is 3. The number of carbonyl (C=O) groups is 1. The Balaban J connectivity index is 1.81. The molecule has 6 nitrogen and oxygen atoms in total. The molecule has 0 bridgehead atoms. The zero-order valence-electron chi connectivity index (χ0n) is 11.4. The number of urea groups is 1. The molecule has 0 atom stereocenters. The van der Waals surface area contributed by atoms with Crippen LogP contribution in [0.1, 0.15) is 11.1 Å². The first-order valence-corrected chi connectivity index (χ1v) is 6.99. The zero-order valence-corrected chi connectivity index (χ0v) is 12.9. The van der Waals surface area contributed by atoms with Crippen molar-refractivity contribution in [2.45, 2.75) is 13.3 Å². The lowest BCUT2D eigenvalue weighted by molar-refractivity contribution is 0.252. The molecule has 20 heavy (non-hydrogen) atoms. The maximum atomic E-state index is 11.7. The summed E-state index contributed by atoms with van der Waals surface area (Å²) in [6, 6.07) is 1.70. The monoisotopic (exact) mass is 337 g/mol. The number of nitrogens with one attached hydrogen (secondary N) is 2. The Morgan fingerprint density at radius 3 is 2.95 bits per heavy atom. The highest BCUT2D eigenvalue weighted by atomic mass is 79.9. The lowest BCUT2D eigenvalue weighted by Gasteiger charge is -2.07. The van der Waals surface area contributed by atoms with Gasteiger partial charge in [-0.3, -0.25) is 15.0 Å². The second kappa shape index (κ2) is 6.51. The first kappa shape index (κ1) is 14.5. The van der Waals surface area contributed by atoms with E-state index in [2.05, 4.69) is 36.6 Å². The summed E-state index contributed by atoms with van der Waals surface area (Å²) in [5, 5.41) is 9.61. The van der Waals surface area contributed by atoms with Gasteiger partial charge in [0.15, 0.2) is 5.82 Å². The Bertz CT molecular complexity index is 611. The van der Waals surface area contributed by atoms with Crippen LogP contribution in [0.2, 0.25) is 0 Å². The van der Waals surface area contributed by atoms with Crippen molar-refractivity contribution in [2.75, 3.05) is 11.9 Å². The van der Waals surface area contributed by atoms with Crippen molar-refractivity contribution in [3.05, 3.63) is 40.3 Å². The highest BCUT2D eigenvalue weighted by Crippen LogP contribution is 2.18. The number of hydrogen-bond acceptors (Lipinski definition) is 3. The molecule has 0 aromatic carbocycles. The van der Waals surface area contributed by atoms with Gasteiger partial charge in [-0.05, 0) is 46.5 Å². The summed E-state index contributed by atoms with van der Waals surface area (Å²) in [5.74, 6) is 0.505. The number of pyridine rings is 1. The van der Waals surface area contributed by atoms with Gasteiger partial charge in [-0.25, -0.2) is 4.79 Å². The Kier molecular flexibility index (Phi) is 4.73. The maximum absolute atomic E-state index is 11.7. The van der Waals surface area contributed by atoms with Crippen molar-refractivity contribution in [3.8, 4) is 0 Å². The van der Waals surface area contributed by atoms with Crippen LogP contribution < -0.4 is 10.6 Å². The first-order valence-electron chi connectivity index (χ1n) is 6.19. The number of halogens is 1. The number of carbonyl (C=O) groups excluding carboxylic acids is 1. The molecule has 7 heteroatoms. The van der Waals surface area contributed by atoms with Crippen molar-refractivity contribution in [2.24, 2.45) is 7.05 Å². The summed E-state index contributed by atoms with van der Waals surface area (Å²) in [4.78, 5) is 15.8. The normalized spacial score (nSPS) is 10.3. The maximum Gasteiger partial charge on any atom is 0.320 e. The molecule has 0 radical (unpaired) electrons. The molecule has 2 aromatic rings. The van der Waals surface area contributed by atoms with Crippen molar-refractivity contribution in [1.29, 1.82) is 0 Å². The fourth-order valence-electron chi connectivity index (χ4n) is 1.79. The summed E-state index contributed by atoms with van der Waals surface area (Å²) >= 11 is 3.33. The van der Waals surface area contributed by atoms with E-state index in [1.165, 1.54) is 5.56 Å². The molecule has 106 valence electrons. The van der Waals surface area contributed by atoms with Gasteiger partial charge in [0.05, 0.1) is 4.47 Å². The number of amides is 2. The van der Waals surface area contributed by atoms with E-state index in [9.17, 15) is 4.79 Å². The van der Waals surface area contributed by atoms with Crippen LogP contribution in [0.4, 0.5) is 10.6 Å². The van der Waals surface area contributed by atoms with E-state index < -0.39 is 0 Å². The number of anilines is 1. The molecule has 2 rings (SSSR count). The number of hydrogen-bond donors (Lipinski definition) is 2. The largest absolute Gasteiger partial charge is 0.337 e. The van der Waals surface area contributed by atoms with Crippen LogP contribution in [-0.4, -0.2) is 27.3 Å². The van der Waals surface area contributed by atoms with Crippen LogP contribution in [0.3, 0.4) is 0 Å². The highest BCUT2D eigenvalue weighted by Gasteiger charge is 2.08. The van der Waals surface area contributed by atoms with Crippen LogP contribution in [0.15, 0.2) is 29.1 Å². The molecule has 0 aliphatic heterocycles. The molecule has 2 amide bonds. The smallest absolute Gasteiger partial charge is 0.320 e. The molecular weight excluding hydrogens is 322 g/mol. The molecule has 0 aliphatic carbocycles. The lowest BCUT2D eigenvalue weighted by Crippen LogP contribution is -2.30. The third-order valence-electron chi connectivity index (χ3n) is 2.83. The van der Waals surface area contributed by atoms with Gasteiger partial charge >= 0.3 is 6.03 Å². The van der Waals surface area contributed by atoms with Crippen molar-refractivity contribution in [1.82, 2.24) is 20.1 Å². The molecule has 0 saturated carbocycles. The Morgan fingerprint density at radius 1 is 1.50 bits per heavy atom. The predicted octanol–water partition coefficient (Wildman–Crippen LogP) is 2.25. The van der Waals surface area contributed by atoms with Crippen LogP contribution in [0, 0.1) is 6.92 Å². The van der Waals surface area contributed by atoms with E-state index in [-0.39, 0.29) is 6.03 Å². The van der Waals surface area contributed by atoms with Gasteiger partial charge in [-0.1, -0.05) is 0 Å².